The van der Waals surface area contributed by atoms with E-state index < -0.39 is 9.84 Å². The van der Waals surface area contributed by atoms with Gasteiger partial charge in [0, 0.05) is 15.9 Å². The lowest BCUT2D eigenvalue weighted by Gasteiger charge is -2.17. The second-order valence-corrected chi connectivity index (χ2v) is 9.48. The van der Waals surface area contributed by atoms with Gasteiger partial charge < -0.3 is 0 Å². The molecule has 0 aliphatic rings. The van der Waals surface area contributed by atoms with Crippen LogP contribution in [0.1, 0.15) is 20.8 Å². The quantitative estimate of drug-likeness (QED) is 0.790. The zero-order valence-electron chi connectivity index (χ0n) is 9.85. The zero-order chi connectivity index (χ0) is 12.4. The van der Waals surface area contributed by atoms with Gasteiger partial charge in [0.2, 0.25) is 0 Å². The van der Waals surface area contributed by atoms with Crippen molar-refractivity contribution in [3.05, 3.63) is 24.3 Å². The normalized spacial score (nSPS) is 12.8. The lowest BCUT2D eigenvalue weighted by Crippen LogP contribution is -2.05. The number of hydrogen-bond acceptors (Lipinski definition) is 4. The van der Waals surface area contributed by atoms with Gasteiger partial charge in [-0.1, -0.05) is 54.5 Å². The zero-order valence-corrected chi connectivity index (χ0v) is 12.3. The van der Waals surface area contributed by atoms with Crippen LogP contribution in [0.5, 0.6) is 0 Å². The molecule has 0 spiro atoms. The molecule has 0 aromatic heterocycles. The van der Waals surface area contributed by atoms with E-state index >= 15 is 0 Å². The van der Waals surface area contributed by atoms with Crippen molar-refractivity contribution in [3.63, 3.8) is 0 Å². The molecule has 16 heavy (non-hydrogen) atoms. The molecule has 0 N–H and O–H groups in total. The molecule has 0 saturated carbocycles. The number of benzene rings is 1. The maximum atomic E-state index is 11.6. The Bertz CT molecular complexity index is 458. The summed E-state index contributed by atoms with van der Waals surface area (Å²) in [5, 5.41) is 0. The van der Waals surface area contributed by atoms with Gasteiger partial charge in [-0.25, -0.2) is 8.42 Å². The van der Waals surface area contributed by atoms with E-state index in [-0.39, 0.29) is 4.75 Å². The van der Waals surface area contributed by atoms with E-state index in [9.17, 15) is 8.42 Å². The first-order valence-electron chi connectivity index (χ1n) is 4.85. The molecule has 0 fully saturated rings. The van der Waals surface area contributed by atoms with E-state index in [0.29, 0.717) is 4.90 Å². The van der Waals surface area contributed by atoms with Crippen molar-refractivity contribution in [2.75, 3.05) is 6.26 Å². The number of hydrogen-bond donors (Lipinski definition) is 0. The van der Waals surface area contributed by atoms with Gasteiger partial charge in [-0.2, -0.15) is 0 Å². The summed E-state index contributed by atoms with van der Waals surface area (Å²) in [5.41, 5.74) is 0. The van der Waals surface area contributed by atoms with Crippen LogP contribution >= 0.6 is 21.6 Å². The summed E-state index contributed by atoms with van der Waals surface area (Å²) in [6.45, 7) is 6.31. The molecule has 2 nitrogen and oxygen atoms in total. The van der Waals surface area contributed by atoms with Crippen LogP contribution in [0.3, 0.4) is 0 Å². The summed E-state index contributed by atoms with van der Waals surface area (Å²) >= 11 is 0. The van der Waals surface area contributed by atoms with Crippen LogP contribution in [0.15, 0.2) is 34.1 Å². The van der Waals surface area contributed by atoms with Crippen molar-refractivity contribution in [1.82, 2.24) is 0 Å². The molecule has 0 radical (unpaired) electrons. The molecule has 1 rings (SSSR count). The van der Waals surface area contributed by atoms with Gasteiger partial charge in [0.1, 0.15) is 0 Å². The van der Waals surface area contributed by atoms with E-state index in [1.165, 1.54) is 17.0 Å². The first kappa shape index (κ1) is 13.9. The molecule has 5 heteroatoms. The van der Waals surface area contributed by atoms with E-state index in [2.05, 4.69) is 20.8 Å². The van der Waals surface area contributed by atoms with Gasteiger partial charge in [0.15, 0.2) is 9.84 Å². The van der Waals surface area contributed by atoms with E-state index in [0.717, 1.165) is 4.90 Å². The molecule has 0 atom stereocenters. The summed E-state index contributed by atoms with van der Waals surface area (Å²) in [4.78, 5) is 1.22. The third-order valence-electron chi connectivity index (χ3n) is 1.63. The fraction of sp³-hybridized carbons (Fsp3) is 0.455. The Labute approximate surface area is 106 Å². The van der Waals surface area contributed by atoms with Crippen molar-refractivity contribution in [3.8, 4) is 0 Å². The van der Waals surface area contributed by atoms with Crippen molar-refractivity contribution in [2.45, 2.75) is 35.3 Å². The molecule has 0 amide bonds. The number of sulfone groups is 1. The van der Waals surface area contributed by atoms with E-state index in [1.54, 1.807) is 22.9 Å². The van der Waals surface area contributed by atoms with Crippen LogP contribution in [0.2, 0.25) is 0 Å². The second kappa shape index (κ2) is 5.02. The standard InChI is InChI=1S/C11H16O2S3/c1-11(2,3)15-14-9-7-5-6-8-10(9)16(4,12)13/h5-8H,1-4H3. The maximum Gasteiger partial charge on any atom is 0.176 e. The third kappa shape index (κ3) is 4.39. The van der Waals surface area contributed by atoms with Crippen molar-refractivity contribution in [1.29, 1.82) is 0 Å². The summed E-state index contributed by atoms with van der Waals surface area (Å²) in [5.74, 6) is 0. The lowest BCUT2D eigenvalue weighted by atomic mass is 10.3. The van der Waals surface area contributed by atoms with E-state index in [1.807, 2.05) is 12.1 Å². The Hall–Kier alpha value is -0.130. The van der Waals surface area contributed by atoms with E-state index in [4.69, 9.17) is 0 Å². The second-order valence-electron chi connectivity index (χ2n) is 4.50. The Morgan fingerprint density at radius 3 is 2.19 bits per heavy atom. The fourth-order valence-corrected chi connectivity index (χ4v) is 4.57. The molecular weight excluding hydrogens is 260 g/mol. The average molecular weight is 276 g/mol. The minimum absolute atomic E-state index is 0.106. The minimum Gasteiger partial charge on any atom is -0.224 e. The Balaban J connectivity index is 2.97. The van der Waals surface area contributed by atoms with Crippen LogP contribution in [0.25, 0.3) is 0 Å². The number of rotatable bonds is 3. The summed E-state index contributed by atoms with van der Waals surface area (Å²) in [6, 6.07) is 7.11. The molecule has 0 heterocycles. The topological polar surface area (TPSA) is 34.1 Å². The highest BCUT2D eigenvalue weighted by Gasteiger charge is 2.17. The smallest absolute Gasteiger partial charge is 0.176 e. The van der Waals surface area contributed by atoms with Crippen LogP contribution in [-0.4, -0.2) is 19.4 Å². The Kier molecular flexibility index (Phi) is 4.37. The fourth-order valence-electron chi connectivity index (χ4n) is 0.995. The highest BCUT2D eigenvalue weighted by molar-refractivity contribution is 8.77. The first-order valence-corrected chi connectivity index (χ1v) is 8.89. The van der Waals surface area contributed by atoms with Crippen molar-refractivity contribution >= 4 is 31.4 Å². The van der Waals surface area contributed by atoms with Gasteiger partial charge in [-0.05, 0) is 12.1 Å². The van der Waals surface area contributed by atoms with Gasteiger partial charge in [0.05, 0.1) is 4.90 Å². The molecule has 1 aromatic carbocycles. The predicted octanol–water partition coefficient (Wildman–Crippen LogP) is 3.63. The van der Waals surface area contributed by atoms with Crippen molar-refractivity contribution < 1.29 is 8.42 Å². The van der Waals surface area contributed by atoms with Crippen LogP contribution in [0, 0.1) is 0 Å². The predicted molar refractivity (Wildman–Crippen MR) is 72.8 cm³/mol. The lowest BCUT2D eigenvalue weighted by molar-refractivity contribution is 0.600. The molecule has 0 saturated heterocycles. The van der Waals surface area contributed by atoms with Gasteiger partial charge in [0.25, 0.3) is 0 Å². The monoisotopic (exact) mass is 276 g/mol. The summed E-state index contributed by atoms with van der Waals surface area (Å²) in [7, 11) is 0.0522. The summed E-state index contributed by atoms with van der Waals surface area (Å²) < 4.78 is 23.2. The molecule has 90 valence electrons. The summed E-state index contributed by atoms with van der Waals surface area (Å²) in [6.07, 6.45) is 1.24. The molecule has 1 aromatic rings. The van der Waals surface area contributed by atoms with Gasteiger partial charge >= 0.3 is 0 Å². The van der Waals surface area contributed by atoms with Gasteiger partial charge in [-0.15, -0.1) is 0 Å². The highest BCUT2D eigenvalue weighted by Crippen LogP contribution is 2.42. The molecule has 0 aliphatic carbocycles. The molecular formula is C11H16O2S3. The Morgan fingerprint density at radius 1 is 1.12 bits per heavy atom. The Morgan fingerprint density at radius 2 is 1.69 bits per heavy atom. The maximum absolute atomic E-state index is 11.6. The minimum atomic E-state index is -3.14. The van der Waals surface area contributed by atoms with Crippen molar-refractivity contribution in [2.24, 2.45) is 0 Å². The molecule has 0 unspecified atom stereocenters. The molecule has 0 aliphatic heterocycles. The van der Waals surface area contributed by atoms with Crippen LogP contribution in [-0.2, 0) is 9.84 Å². The highest BCUT2D eigenvalue weighted by atomic mass is 33.1. The largest absolute Gasteiger partial charge is 0.224 e. The van der Waals surface area contributed by atoms with Crippen LogP contribution in [0.4, 0.5) is 0 Å². The SMILES string of the molecule is CC(C)(C)SSc1ccccc1S(C)(=O)=O. The first-order chi connectivity index (χ1) is 7.20. The molecule has 0 bridgehead atoms. The average Bonchev–Trinajstić information content (AvgIpc) is 2.12. The third-order valence-corrected chi connectivity index (χ3v) is 6.32. The van der Waals surface area contributed by atoms with Crippen LogP contribution < -0.4 is 0 Å². The van der Waals surface area contributed by atoms with Gasteiger partial charge in [-0.3, -0.25) is 0 Å².